The summed E-state index contributed by atoms with van der Waals surface area (Å²) in [4.78, 5) is 32.5. The maximum absolute atomic E-state index is 12.6. The predicted octanol–water partition coefficient (Wildman–Crippen LogP) is 3.69. The van der Waals surface area contributed by atoms with Crippen LogP contribution in [0.4, 0.5) is 0 Å². The van der Waals surface area contributed by atoms with Crippen molar-refractivity contribution in [3.63, 3.8) is 0 Å². The molecule has 1 heterocycles. The number of rotatable bonds is 5. The topological polar surface area (TPSA) is 98.1 Å². The molecular formula is C18H26NO5PS. The highest BCUT2D eigenvalue weighted by Crippen LogP contribution is 2.39. The van der Waals surface area contributed by atoms with Crippen molar-refractivity contribution in [3.8, 4) is 5.75 Å². The molecule has 6 nitrogen and oxygen atoms in total. The quantitative estimate of drug-likeness (QED) is 0.516. The van der Waals surface area contributed by atoms with Crippen molar-refractivity contribution in [2.24, 2.45) is 0 Å². The van der Waals surface area contributed by atoms with E-state index in [1.165, 1.54) is 16.7 Å². The molecule has 0 unspecified atom stereocenters. The second kappa shape index (κ2) is 8.17. The van der Waals surface area contributed by atoms with Crippen LogP contribution in [0.1, 0.15) is 56.2 Å². The molecule has 26 heavy (non-hydrogen) atoms. The number of hydrogen-bond donors (Lipinski definition) is 3. The third-order valence-corrected chi connectivity index (χ3v) is 5.90. The molecule has 8 heteroatoms. The Labute approximate surface area is 158 Å². The zero-order valence-electron chi connectivity index (χ0n) is 15.5. The molecule has 0 aliphatic carbocycles. The van der Waals surface area contributed by atoms with E-state index in [0.29, 0.717) is 23.0 Å². The van der Waals surface area contributed by atoms with Gasteiger partial charge in [0.05, 0.1) is 4.91 Å². The molecule has 1 aliphatic heterocycles. The third kappa shape index (κ3) is 5.13. The number of hydrogen-bond acceptors (Lipinski definition) is 4. The van der Waals surface area contributed by atoms with Gasteiger partial charge in [-0.3, -0.25) is 9.36 Å². The second-order valence-electron chi connectivity index (χ2n) is 7.09. The molecular weight excluding hydrogens is 373 g/mol. The number of aromatic hydroxyl groups is 1. The normalized spacial score (nSPS) is 17.6. The molecule has 1 saturated heterocycles. The zero-order chi connectivity index (χ0) is 19.6. The molecule has 1 aromatic rings. The number of carbonyl (C=O) groups excluding carboxylic acids is 1. The molecule has 2 rings (SSSR count). The molecule has 1 fully saturated rings. The fraction of sp³-hybridized carbons (Fsp3) is 0.500. The Bertz CT molecular complexity index is 740. The molecule has 1 amide bonds. The Balaban J connectivity index is 2.41. The third-order valence-electron chi connectivity index (χ3n) is 4.20. The summed E-state index contributed by atoms with van der Waals surface area (Å²) in [6, 6.07) is 3.74. The van der Waals surface area contributed by atoms with Crippen molar-refractivity contribution >= 4 is 31.3 Å². The summed E-state index contributed by atoms with van der Waals surface area (Å²) < 4.78 is 11.2. The van der Waals surface area contributed by atoms with E-state index in [4.69, 9.17) is 9.79 Å². The van der Waals surface area contributed by atoms with Gasteiger partial charge in [-0.1, -0.05) is 27.7 Å². The van der Waals surface area contributed by atoms with Crippen molar-refractivity contribution < 1.29 is 24.3 Å². The lowest BCUT2D eigenvalue weighted by molar-refractivity contribution is -0.125. The summed E-state index contributed by atoms with van der Waals surface area (Å²) in [5.74, 6) is 0.778. The highest BCUT2D eigenvalue weighted by molar-refractivity contribution is 8.04. The van der Waals surface area contributed by atoms with Gasteiger partial charge in [0.15, 0.2) is 0 Å². The van der Waals surface area contributed by atoms with E-state index in [-0.39, 0.29) is 17.7 Å². The fourth-order valence-electron chi connectivity index (χ4n) is 2.86. The number of thioether (sulfide) groups is 1. The standard InChI is InChI=1S/C18H26NO5PS/c1-11(2)14-7-13(8-15(12(3)4)17(14)20)9-16-18(21)19(5-6-26-16)10-25(22,23)24/h7-9,11-12,20H,5-6,10H2,1-4H3,(H2,22,23,24)/b16-9+. The highest BCUT2D eigenvalue weighted by atomic mass is 32.2. The fourth-order valence-corrected chi connectivity index (χ4v) is 4.58. The Hall–Kier alpha value is -1.27. The van der Waals surface area contributed by atoms with Gasteiger partial charge >= 0.3 is 7.60 Å². The van der Waals surface area contributed by atoms with Gasteiger partial charge in [-0.05, 0) is 46.7 Å². The van der Waals surface area contributed by atoms with Crippen molar-refractivity contribution in [1.82, 2.24) is 4.90 Å². The highest BCUT2D eigenvalue weighted by Gasteiger charge is 2.29. The van der Waals surface area contributed by atoms with Gasteiger partial charge < -0.3 is 19.8 Å². The average Bonchev–Trinajstić information content (AvgIpc) is 2.50. The maximum Gasteiger partial charge on any atom is 0.344 e. The summed E-state index contributed by atoms with van der Waals surface area (Å²) in [5, 5.41) is 10.5. The van der Waals surface area contributed by atoms with E-state index in [1.807, 2.05) is 39.8 Å². The van der Waals surface area contributed by atoms with Crippen LogP contribution in [0.2, 0.25) is 0 Å². The predicted molar refractivity (Wildman–Crippen MR) is 105 cm³/mol. The van der Waals surface area contributed by atoms with Gasteiger partial charge in [0.2, 0.25) is 0 Å². The molecule has 0 spiro atoms. The van der Waals surface area contributed by atoms with Gasteiger partial charge in [0.1, 0.15) is 12.0 Å². The second-order valence-corrected chi connectivity index (χ2v) is 9.84. The Kier molecular flexibility index (Phi) is 6.61. The smallest absolute Gasteiger partial charge is 0.344 e. The lowest BCUT2D eigenvalue weighted by atomic mass is 9.91. The summed E-state index contributed by atoms with van der Waals surface area (Å²) in [6.45, 7) is 8.31. The van der Waals surface area contributed by atoms with Crippen LogP contribution in [0, 0.1) is 0 Å². The van der Waals surface area contributed by atoms with Crippen LogP contribution in [-0.2, 0) is 9.36 Å². The Morgan fingerprint density at radius 3 is 2.19 bits per heavy atom. The SMILES string of the molecule is CC(C)c1cc(/C=C2/SCCN(CP(=O)(O)O)C2=O)cc(C(C)C)c1O. The maximum atomic E-state index is 12.6. The summed E-state index contributed by atoms with van der Waals surface area (Å²) in [6.07, 6.45) is 1.18. The minimum absolute atomic E-state index is 0.131. The van der Waals surface area contributed by atoms with Crippen molar-refractivity contribution in [2.45, 2.75) is 39.5 Å². The Morgan fingerprint density at radius 1 is 1.19 bits per heavy atom. The van der Waals surface area contributed by atoms with Crippen LogP contribution in [0.5, 0.6) is 5.75 Å². The summed E-state index contributed by atoms with van der Waals surface area (Å²) >= 11 is 1.38. The molecule has 1 aliphatic rings. The Morgan fingerprint density at radius 2 is 1.73 bits per heavy atom. The zero-order valence-corrected chi connectivity index (χ0v) is 17.2. The van der Waals surface area contributed by atoms with Crippen molar-refractivity contribution in [3.05, 3.63) is 33.7 Å². The number of amides is 1. The minimum atomic E-state index is -4.29. The first kappa shape index (κ1) is 21.0. The molecule has 144 valence electrons. The first-order valence-electron chi connectivity index (χ1n) is 8.54. The number of carbonyl (C=O) groups is 1. The number of benzene rings is 1. The number of nitrogens with zero attached hydrogens (tertiary/aromatic N) is 1. The van der Waals surface area contributed by atoms with Gasteiger partial charge in [-0.15, -0.1) is 11.8 Å². The van der Waals surface area contributed by atoms with Gasteiger partial charge in [0.25, 0.3) is 5.91 Å². The van der Waals surface area contributed by atoms with Crippen molar-refractivity contribution in [1.29, 1.82) is 0 Å². The molecule has 0 atom stereocenters. The monoisotopic (exact) mass is 399 g/mol. The lowest BCUT2D eigenvalue weighted by Crippen LogP contribution is -2.37. The van der Waals surface area contributed by atoms with E-state index in [2.05, 4.69) is 0 Å². The van der Waals surface area contributed by atoms with Crippen LogP contribution in [0.25, 0.3) is 6.08 Å². The van der Waals surface area contributed by atoms with Crippen LogP contribution in [0.15, 0.2) is 17.0 Å². The van der Waals surface area contributed by atoms with E-state index in [0.717, 1.165) is 16.7 Å². The van der Waals surface area contributed by atoms with E-state index in [1.54, 1.807) is 6.08 Å². The van der Waals surface area contributed by atoms with E-state index in [9.17, 15) is 14.5 Å². The van der Waals surface area contributed by atoms with Crippen LogP contribution in [0.3, 0.4) is 0 Å². The summed E-state index contributed by atoms with van der Waals surface area (Å²) in [7, 11) is -4.29. The lowest BCUT2D eigenvalue weighted by Gasteiger charge is -2.28. The largest absolute Gasteiger partial charge is 0.507 e. The average molecular weight is 399 g/mol. The summed E-state index contributed by atoms with van der Waals surface area (Å²) in [5.41, 5.74) is 2.45. The van der Waals surface area contributed by atoms with Crippen LogP contribution < -0.4 is 0 Å². The molecule has 0 saturated carbocycles. The number of phenols is 1. The first-order valence-corrected chi connectivity index (χ1v) is 11.3. The van der Waals surface area contributed by atoms with E-state index >= 15 is 0 Å². The molecule has 0 aromatic heterocycles. The molecule has 3 N–H and O–H groups in total. The van der Waals surface area contributed by atoms with Gasteiger partial charge in [-0.2, -0.15) is 0 Å². The van der Waals surface area contributed by atoms with Crippen LogP contribution >= 0.6 is 19.4 Å². The number of phenolic OH excluding ortho intramolecular Hbond substituents is 1. The van der Waals surface area contributed by atoms with Gasteiger partial charge in [-0.25, -0.2) is 0 Å². The molecule has 0 radical (unpaired) electrons. The molecule has 0 bridgehead atoms. The minimum Gasteiger partial charge on any atom is -0.507 e. The van der Waals surface area contributed by atoms with E-state index < -0.39 is 13.9 Å². The van der Waals surface area contributed by atoms with Gasteiger partial charge in [0, 0.05) is 12.3 Å². The van der Waals surface area contributed by atoms with Crippen molar-refractivity contribution in [2.75, 3.05) is 18.6 Å². The first-order chi connectivity index (χ1) is 12.0. The van der Waals surface area contributed by atoms with Crippen LogP contribution in [-0.4, -0.2) is 44.3 Å². The molecule has 1 aromatic carbocycles.